The van der Waals surface area contributed by atoms with E-state index in [0.717, 1.165) is 81.6 Å². The van der Waals surface area contributed by atoms with Crippen molar-refractivity contribution in [2.45, 2.75) is 157 Å². The second-order valence-electron chi connectivity index (χ2n) is 27.1. The van der Waals surface area contributed by atoms with Crippen LogP contribution in [-0.2, 0) is 37.3 Å². The van der Waals surface area contributed by atoms with Gasteiger partial charge in [-0.3, -0.25) is 4.79 Å². The van der Waals surface area contributed by atoms with Crippen molar-refractivity contribution in [2.75, 3.05) is 0 Å². The number of H-pyrrole nitrogens is 2. The van der Waals surface area contributed by atoms with Crippen molar-refractivity contribution < 1.29 is 4.79 Å². The Morgan fingerprint density at radius 1 is 0.405 bits per heavy atom. The van der Waals surface area contributed by atoms with Crippen LogP contribution < -0.4 is 16.0 Å². The number of fused-ring (bicyclic) bond motifs is 7. The molecule has 4 aromatic carbocycles. The molecule has 0 saturated heterocycles. The molecule has 5 nitrogen and oxygen atoms in total. The van der Waals surface area contributed by atoms with Gasteiger partial charge in [-0.25, -0.2) is 4.99 Å². The van der Waals surface area contributed by atoms with Gasteiger partial charge in [0.1, 0.15) is 0 Å². The van der Waals surface area contributed by atoms with Crippen molar-refractivity contribution in [2.24, 2.45) is 4.99 Å². The fourth-order valence-electron chi connectivity index (χ4n) is 10.1. The number of aliphatic imine (C=N–C) groups is 1. The van der Waals surface area contributed by atoms with Crippen LogP contribution in [0.5, 0.6) is 0 Å². The largest absolute Gasteiger partial charge is 0.354 e. The van der Waals surface area contributed by atoms with E-state index in [9.17, 15) is 0 Å². The third-order valence-corrected chi connectivity index (χ3v) is 15.6. The number of nitrogens with zero attached hydrogens (tertiary/aromatic N) is 1. The number of halogens is 1. The maximum absolute atomic E-state index is 15.2. The summed E-state index contributed by atoms with van der Waals surface area (Å²) in [5.74, 6) is -0.0878. The Kier molecular flexibility index (Phi) is 13.1. The molecular weight excluding hydrogens is 1020 g/mol. The minimum absolute atomic E-state index is 0.0878. The highest BCUT2D eigenvalue weighted by Gasteiger charge is 2.33. The minimum atomic E-state index is -0.156. The average molecular weight is 1090 g/mol. The number of aromatic amines is 2. The van der Waals surface area contributed by atoms with Crippen molar-refractivity contribution in [3.8, 4) is 0 Å². The zero-order valence-corrected chi connectivity index (χ0v) is 49.4. The van der Waals surface area contributed by atoms with Crippen LogP contribution in [0.2, 0.25) is 0 Å². The van der Waals surface area contributed by atoms with E-state index >= 15 is 4.79 Å². The van der Waals surface area contributed by atoms with Crippen molar-refractivity contribution in [3.63, 3.8) is 0 Å². The summed E-state index contributed by atoms with van der Waals surface area (Å²) in [6.45, 7) is 41.1. The molecule has 0 amide bonds. The molecule has 0 radical (unpaired) electrons. The Labute approximate surface area is 455 Å². The fraction of sp³-hybridized carbons (Fsp3) is 0.353. The molecule has 6 aromatic rings. The SMILES string of the molecule is CC(C)(C)c1cc(C2=C3NC(=CC3=O)C(c3ccc(I)cc3)=C3C=CC(=N3)C(c3cc(C(C)(C)C)cc(C(C)(C)C)c3)=c3ccc([nH]3)=C(c3cc(C(C)(C)C)cc(C(C)(C)C)c3)c3ccc2[nH]3)cc(C(C)(C)C)c1. The predicted molar refractivity (Wildman–Crippen MR) is 321 cm³/mol. The van der Waals surface area contributed by atoms with Gasteiger partial charge in [0, 0.05) is 54.0 Å². The van der Waals surface area contributed by atoms with E-state index in [1.54, 1.807) is 6.08 Å². The first-order chi connectivity index (χ1) is 34.2. The third kappa shape index (κ3) is 10.5. The lowest BCUT2D eigenvalue weighted by atomic mass is 9.78. The summed E-state index contributed by atoms with van der Waals surface area (Å²) >= 11 is 2.36. The summed E-state index contributed by atoms with van der Waals surface area (Å²) in [5.41, 5.74) is 19.3. The van der Waals surface area contributed by atoms with Crippen molar-refractivity contribution in [1.82, 2.24) is 15.3 Å². The van der Waals surface area contributed by atoms with Gasteiger partial charge in [0.15, 0.2) is 0 Å². The molecule has 8 bridgehead atoms. The maximum Gasteiger partial charge on any atom is 0.204 e. The average Bonchev–Trinajstić information content (AvgIpc) is 4.13. The van der Waals surface area contributed by atoms with Gasteiger partial charge in [0.2, 0.25) is 5.78 Å². The van der Waals surface area contributed by atoms with Crippen LogP contribution in [-0.4, -0.2) is 21.5 Å². The Balaban J connectivity index is 1.48. The number of hydrogen-bond donors (Lipinski definition) is 3. The van der Waals surface area contributed by atoms with Crippen molar-refractivity contribution in [3.05, 3.63) is 220 Å². The van der Waals surface area contributed by atoms with E-state index < -0.39 is 0 Å². The topological polar surface area (TPSA) is 73.0 Å². The molecule has 0 saturated carbocycles. The van der Waals surface area contributed by atoms with Gasteiger partial charge in [0.05, 0.1) is 22.8 Å². The predicted octanol–water partition coefficient (Wildman–Crippen LogP) is 15.4. The number of benzene rings is 4. The number of carbonyl (C=O) groups excluding carboxylic acids is 1. The van der Waals surface area contributed by atoms with Crippen LogP contribution >= 0.6 is 22.6 Å². The van der Waals surface area contributed by atoms with E-state index in [2.05, 4.69) is 278 Å². The van der Waals surface area contributed by atoms with Gasteiger partial charge in [-0.1, -0.05) is 191 Å². The summed E-state index contributed by atoms with van der Waals surface area (Å²) in [7, 11) is 0. The van der Waals surface area contributed by atoms with Crippen LogP contribution in [0.3, 0.4) is 0 Å². The molecule has 0 fully saturated rings. The molecule has 6 heteroatoms. The number of carbonyl (C=O) groups is 1. The molecule has 3 N–H and O–H groups in total. The maximum atomic E-state index is 15.2. The monoisotopic (exact) mass is 1090 g/mol. The number of ketones is 1. The van der Waals surface area contributed by atoms with Gasteiger partial charge >= 0.3 is 0 Å². The van der Waals surface area contributed by atoms with Crippen LogP contribution in [0, 0.1) is 3.57 Å². The molecule has 74 heavy (non-hydrogen) atoms. The molecule has 3 aliphatic heterocycles. The fourth-order valence-corrected chi connectivity index (χ4v) is 10.4. The zero-order valence-electron chi connectivity index (χ0n) is 47.3. The molecule has 382 valence electrons. The quantitative estimate of drug-likeness (QED) is 0.154. The first-order valence-corrected chi connectivity index (χ1v) is 27.5. The lowest BCUT2D eigenvalue weighted by molar-refractivity contribution is -0.111. The van der Waals surface area contributed by atoms with E-state index in [0.29, 0.717) is 11.4 Å². The molecule has 0 aliphatic carbocycles. The first-order valence-electron chi connectivity index (χ1n) is 26.4. The van der Waals surface area contributed by atoms with Crippen LogP contribution in [0.15, 0.2) is 143 Å². The van der Waals surface area contributed by atoms with E-state index in [1.165, 1.54) is 33.4 Å². The first kappa shape index (κ1) is 52.9. The summed E-state index contributed by atoms with van der Waals surface area (Å²) < 4.78 is 1.13. The Morgan fingerprint density at radius 3 is 1.23 bits per heavy atom. The molecule has 0 spiro atoms. The highest BCUT2D eigenvalue weighted by molar-refractivity contribution is 14.1. The normalized spacial score (nSPS) is 15.9. The third-order valence-electron chi connectivity index (χ3n) is 14.9. The molecule has 0 atom stereocenters. The summed E-state index contributed by atoms with van der Waals surface area (Å²) in [5, 5.41) is 5.75. The van der Waals surface area contributed by atoms with Gasteiger partial charge in [0.25, 0.3) is 0 Å². The van der Waals surface area contributed by atoms with Crippen molar-refractivity contribution >= 4 is 56.4 Å². The highest BCUT2D eigenvalue weighted by atomic mass is 127. The lowest BCUT2D eigenvalue weighted by Crippen LogP contribution is -2.22. The number of aromatic nitrogens is 2. The van der Waals surface area contributed by atoms with Gasteiger partial charge in [-0.05, 0) is 159 Å². The Hall–Kier alpha value is -5.99. The van der Waals surface area contributed by atoms with Gasteiger partial charge < -0.3 is 15.3 Å². The number of nitrogens with one attached hydrogen (secondary N) is 3. The van der Waals surface area contributed by atoms with Gasteiger partial charge in [-0.15, -0.1) is 0 Å². The minimum Gasteiger partial charge on any atom is -0.354 e. The number of rotatable bonds is 4. The second kappa shape index (κ2) is 18.4. The summed E-state index contributed by atoms with van der Waals surface area (Å²) in [6, 6.07) is 38.6. The molecule has 9 rings (SSSR count). The van der Waals surface area contributed by atoms with Gasteiger partial charge in [-0.2, -0.15) is 0 Å². The molecule has 0 unspecified atom stereocenters. The van der Waals surface area contributed by atoms with E-state index in [1.807, 2.05) is 0 Å². The zero-order chi connectivity index (χ0) is 53.8. The van der Waals surface area contributed by atoms with E-state index in [-0.39, 0.29) is 38.3 Å². The number of hydrogen-bond acceptors (Lipinski definition) is 3. The second-order valence-corrected chi connectivity index (χ2v) is 28.4. The summed E-state index contributed by atoms with van der Waals surface area (Å²) in [6.07, 6.45) is 6.07. The highest BCUT2D eigenvalue weighted by Crippen LogP contribution is 2.42. The number of allylic oxidation sites excluding steroid dienone is 4. The van der Waals surface area contributed by atoms with Crippen LogP contribution in [0.25, 0.3) is 22.3 Å². The van der Waals surface area contributed by atoms with Crippen LogP contribution in [0.1, 0.15) is 192 Å². The summed E-state index contributed by atoms with van der Waals surface area (Å²) in [4.78, 5) is 28.9. The molecule has 3 aliphatic rings. The molecule has 2 aromatic heterocycles. The molecular formula is C68H77IN4O. The van der Waals surface area contributed by atoms with Crippen molar-refractivity contribution in [1.29, 1.82) is 0 Å². The molecule has 5 heterocycles. The Morgan fingerprint density at radius 2 is 0.797 bits per heavy atom. The van der Waals surface area contributed by atoms with Crippen LogP contribution in [0.4, 0.5) is 0 Å². The standard InChI is InChI=1S/C68H77IN4O/c1-63(2,3)43-29-40(30-44(35-43)64(4,5)6)59-51-24-23-50(70-51)58(39-19-21-49(69)22-20-39)56-38-57(74)62(73-56)61(42-33-47(67(13,14)15)37-48(34-42)68(16,17)18)55-28-27-54(72-55)60(53-26-25-52(59)71-53)41-31-45(65(7,8)9)36-46(32-41)66(10,11)12/h19-38,71-73H,1-18H3. The van der Waals surface area contributed by atoms with E-state index in [4.69, 9.17) is 4.99 Å². The lowest BCUT2D eigenvalue weighted by Gasteiger charge is -2.27. The smallest absolute Gasteiger partial charge is 0.204 e. The Bertz CT molecular complexity index is 3470.